The van der Waals surface area contributed by atoms with Gasteiger partial charge in [0.25, 0.3) is 0 Å². The van der Waals surface area contributed by atoms with Gasteiger partial charge in [0.2, 0.25) is 0 Å². The van der Waals surface area contributed by atoms with E-state index in [1.54, 1.807) is 0 Å². The molecule has 0 amide bonds. The van der Waals surface area contributed by atoms with Gasteiger partial charge < -0.3 is 4.74 Å². The maximum absolute atomic E-state index is 9.06. The van der Waals surface area contributed by atoms with Crippen LogP contribution in [-0.2, 0) is 4.74 Å². The van der Waals surface area contributed by atoms with Crippen LogP contribution in [0.4, 0.5) is 0 Å². The molecule has 11 heavy (non-hydrogen) atoms. The molecule has 0 radical (unpaired) electrons. The minimum atomic E-state index is -2.53. The normalized spacial score (nSPS) is 23.5. The van der Waals surface area contributed by atoms with Crippen molar-refractivity contribution in [2.75, 3.05) is 19.5 Å². The molecule has 1 aliphatic rings. The topological polar surface area (TPSA) is 61.7 Å². The lowest BCUT2D eigenvalue weighted by molar-refractivity contribution is 0.0826. The van der Waals surface area contributed by atoms with Gasteiger partial charge in [-0.3, -0.25) is 9.11 Å². The van der Waals surface area contributed by atoms with Gasteiger partial charge in [-0.1, -0.05) is 0 Å². The Hall–Kier alpha value is 0.190. The molecule has 1 fully saturated rings. The largest absolute Gasteiger partial charge is 0.381 e. The molecular formula is C6H17NO3S. The summed E-state index contributed by atoms with van der Waals surface area (Å²) in [6.45, 7) is 1.43. The van der Waals surface area contributed by atoms with E-state index < -0.39 is 10.8 Å². The summed E-state index contributed by atoms with van der Waals surface area (Å²) >= 11 is 0. The van der Waals surface area contributed by atoms with E-state index in [0.29, 0.717) is 13.2 Å². The highest BCUT2D eigenvalue weighted by atomic mass is 32.3. The molecular weight excluding hydrogens is 166 g/mol. The Morgan fingerprint density at radius 2 is 2.00 bits per heavy atom. The zero-order valence-electron chi connectivity index (χ0n) is 6.62. The third-order valence-corrected chi connectivity index (χ3v) is 2.39. The van der Waals surface area contributed by atoms with Gasteiger partial charge in [0.1, 0.15) is 0 Å². The first-order chi connectivity index (χ1) is 5.08. The second kappa shape index (κ2) is 3.73. The third kappa shape index (κ3) is 3.93. The predicted octanol–water partition coefficient (Wildman–Crippen LogP) is 1.30. The van der Waals surface area contributed by atoms with Crippen molar-refractivity contribution in [2.24, 2.45) is 0 Å². The Balaban J connectivity index is 0.00000121. The molecule has 0 atom stereocenters. The van der Waals surface area contributed by atoms with Crippen LogP contribution in [0.5, 0.6) is 0 Å². The molecule has 3 N–H and O–H groups in total. The quantitative estimate of drug-likeness (QED) is 0.604. The van der Waals surface area contributed by atoms with Crippen LogP contribution < -0.4 is 4.72 Å². The molecule has 0 unspecified atom stereocenters. The second-order valence-corrected chi connectivity index (χ2v) is 4.74. The van der Waals surface area contributed by atoms with Crippen LogP contribution in [-0.4, -0.2) is 34.6 Å². The monoisotopic (exact) mass is 183 g/mol. The van der Waals surface area contributed by atoms with Crippen LogP contribution in [0.25, 0.3) is 0 Å². The van der Waals surface area contributed by atoms with Gasteiger partial charge in [-0.25, -0.2) is 4.72 Å². The molecule has 0 saturated carbocycles. The van der Waals surface area contributed by atoms with Crippen LogP contribution in [0.1, 0.15) is 14.3 Å². The van der Waals surface area contributed by atoms with E-state index in [-0.39, 0.29) is 7.47 Å². The fourth-order valence-corrected chi connectivity index (χ4v) is 2.00. The highest BCUT2D eigenvalue weighted by Gasteiger charge is 2.17. The summed E-state index contributed by atoms with van der Waals surface area (Å²) in [6, 6.07) is 0.207. The standard InChI is InChI=1S/C6H15NO3S.H2/c1-11(8,9)7-6-2-4-10-5-3-6;/h6-9H,2-5H2,1H3;1H. The number of rotatable bonds is 2. The summed E-state index contributed by atoms with van der Waals surface area (Å²) < 4.78 is 26.0. The molecule has 0 aliphatic carbocycles. The van der Waals surface area contributed by atoms with E-state index in [9.17, 15) is 0 Å². The highest BCUT2D eigenvalue weighted by molar-refractivity contribution is 8.22. The summed E-state index contributed by atoms with van der Waals surface area (Å²) in [7, 11) is -2.53. The van der Waals surface area contributed by atoms with Gasteiger partial charge in [0, 0.05) is 26.9 Å². The number of ether oxygens (including phenoxy) is 1. The maximum atomic E-state index is 9.06. The van der Waals surface area contributed by atoms with Gasteiger partial charge in [0.05, 0.1) is 0 Å². The lowest BCUT2D eigenvalue weighted by Crippen LogP contribution is -2.36. The van der Waals surface area contributed by atoms with Crippen LogP contribution in [0.3, 0.4) is 0 Å². The predicted molar refractivity (Wildman–Crippen MR) is 47.9 cm³/mol. The van der Waals surface area contributed by atoms with Crippen molar-refractivity contribution < 1.29 is 15.3 Å². The lowest BCUT2D eigenvalue weighted by Gasteiger charge is -2.34. The molecule has 1 rings (SSSR count). The summed E-state index contributed by atoms with van der Waals surface area (Å²) in [6.07, 6.45) is 3.13. The fraction of sp³-hybridized carbons (Fsp3) is 1.00. The Kier molecular flexibility index (Phi) is 3.15. The van der Waals surface area contributed by atoms with Crippen molar-refractivity contribution in [3.05, 3.63) is 0 Å². The summed E-state index contributed by atoms with van der Waals surface area (Å²) in [5, 5.41) is 0. The minimum absolute atomic E-state index is 0. The van der Waals surface area contributed by atoms with Gasteiger partial charge in [-0.05, 0) is 12.8 Å². The Morgan fingerprint density at radius 3 is 2.45 bits per heavy atom. The molecule has 1 saturated heterocycles. The average Bonchev–Trinajstić information content (AvgIpc) is 1.85. The van der Waals surface area contributed by atoms with Gasteiger partial charge >= 0.3 is 0 Å². The molecule has 0 aromatic carbocycles. The summed E-state index contributed by atoms with van der Waals surface area (Å²) in [5.74, 6) is 0. The van der Waals surface area contributed by atoms with Gasteiger partial charge in [0.15, 0.2) is 0 Å². The Labute approximate surface area is 69.9 Å². The fourth-order valence-electron chi connectivity index (χ4n) is 1.13. The Morgan fingerprint density at radius 1 is 1.45 bits per heavy atom. The number of hydrogen-bond acceptors (Lipinski definition) is 4. The van der Waals surface area contributed by atoms with Crippen molar-refractivity contribution in [3.63, 3.8) is 0 Å². The third-order valence-electron chi connectivity index (χ3n) is 1.61. The molecule has 70 valence electrons. The van der Waals surface area contributed by atoms with E-state index in [1.165, 1.54) is 6.26 Å². The van der Waals surface area contributed by atoms with Crippen molar-refractivity contribution in [1.29, 1.82) is 0 Å². The Bertz CT molecular complexity index is 124. The van der Waals surface area contributed by atoms with E-state index in [2.05, 4.69) is 4.72 Å². The van der Waals surface area contributed by atoms with Crippen LogP contribution in [0.15, 0.2) is 0 Å². The van der Waals surface area contributed by atoms with E-state index >= 15 is 0 Å². The zero-order valence-corrected chi connectivity index (χ0v) is 7.43. The van der Waals surface area contributed by atoms with Crippen LogP contribution in [0, 0.1) is 0 Å². The summed E-state index contributed by atoms with van der Waals surface area (Å²) in [5.41, 5.74) is 0. The van der Waals surface area contributed by atoms with Crippen molar-refractivity contribution in [1.82, 2.24) is 4.72 Å². The van der Waals surface area contributed by atoms with Crippen molar-refractivity contribution >= 4 is 10.8 Å². The van der Waals surface area contributed by atoms with Gasteiger partial charge in [-0.2, -0.15) is 0 Å². The number of nitrogens with one attached hydrogen (secondary N) is 1. The van der Waals surface area contributed by atoms with Crippen LogP contribution >= 0.6 is 10.8 Å². The zero-order chi connectivity index (χ0) is 8.32. The average molecular weight is 183 g/mol. The molecule has 0 bridgehead atoms. The van der Waals surface area contributed by atoms with Crippen molar-refractivity contribution in [3.8, 4) is 0 Å². The number of hydrogen-bond donors (Lipinski definition) is 3. The molecule has 5 heteroatoms. The van der Waals surface area contributed by atoms with Crippen molar-refractivity contribution in [2.45, 2.75) is 18.9 Å². The minimum Gasteiger partial charge on any atom is -0.381 e. The highest BCUT2D eigenvalue weighted by Crippen LogP contribution is 2.29. The molecule has 0 aromatic rings. The maximum Gasteiger partial charge on any atom is 0.0481 e. The summed E-state index contributed by atoms with van der Waals surface area (Å²) in [4.78, 5) is 0. The SMILES string of the molecule is CS(O)(O)NC1CCOCC1.[HH]. The molecule has 0 spiro atoms. The molecule has 0 aromatic heterocycles. The first-order valence-corrected chi connectivity index (χ1v) is 5.62. The van der Waals surface area contributed by atoms with Gasteiger partial charge in [-0.15, -0.1) is 10.8 Å². The van der Waals surface area contributed by atoms with E-state index in [0.717, 1.165) is 12.8 Å². The molecule has 1 aliphatic heterocycles. The van der Waals surface area contributed by atoms with Crippen LogP contribution in [0.2, 0.25) is 0 Å². The molecule has 1 heterocycles. The smallest absolute Gasteiger partial charge is 0.0481 e. The first-order valence-electron chi connectivity index (χ1n) is 3.66. The first kappa shape index (κ1) is 9.28. The molecule has 4 nitrogen and oxygen atoms in total. The van der Waals surface area contributed by atoms with E-state index in [1.807, 2.05) is 0 Å². The lowest BCUT2D eigenvalue weighted by atomic mass is 10.1. The second-order valence-electron chi connectivity index (χ2n) is 2.84. The van der Waals surface area contributed by atoms with E-state index in [4.69, 9.17) is 13.8 Å².